The highest BCUT2D eigenvalue weighted by molar-refractivity contribution is 6.41. The first-order valence-corrected chi connectivity index (χ1v) is 5.78. The van der Waals surface area contributed by atoms with Gasteiger partial charge in [0.15, 0.2) is 0 Å². The number of nitrogens with zero attached hydrogens (tertiary/aromatic N) is 1. The summed E-state index contributed by atoms with van der Waals surface area (Å²) in [4.78, 5) is 4.14. The first kappa shape index (κ1) is 9.72. The molecule has 2 aromatic heterocycles. The Hall–Kier alpha value is -2.29. The summed E-state index contributed by atoms with van der Waals surface area (Å²) in [6, 6.07) is 11.9. The lowest BCUT2D eigenvalue weighted by atomic mass is 9.91. The van der Waals surface area contributed by atoms with E-state index in [0.717, 1.165) is 32.7 Å². The Morgan fingerprint density at radius 1 is 1.06 bits per heavy atom. The monoisotopic (exact) mass is 229 g/mol. The predicted octanol–water partition coefficient (Wildman–Crippen LogP) is 2.93. The largest absolute Gasteiger partial charge is 0.457 e. The third kappa shape index (κ3) is 1.16. The Kier molecular flexibility index (Phi) is 1.81. The molecule has 2 heterocycles. The maximum absolute atomic E-state index is 6.06. The van der Waals surface area contributed by atoms with E-state index in [1.165, 1.54) is 0 Å². The summed E-state index contributed by atoms with van der Waals surface area (Å²) >= 11 is 0. The van der Waals surface area contributed by atoms with E-state index < -0.39 is 0 Å². The second-order valence-electron chi connectivity index (χ2n) is 4.36. The van der Waals surface area contributed by atoms with E-state index in [2.05, 4.69) is 11.1 Å². The summed E-state index contributed by atoms with van der Waals surface area (Å²) in [5, 5.41) is 4.33. The predicted molar refractivity (Wildman–Crippen MR) is 74.4 cm³/mol. The average Bonchev–Trinajstić information content (AvgIpc) is 2.79. The molecule has 0 atom stereocenters. The number of aromatic nitrogens is 1. The van der Waals surface area contributed by atoms with Gasteiger partial charge in [-0.2, -0.15) is 0 Å². The third-order valence-electron chi connectivity index (χ3n) is 3.29. The summed E-state index contributed by atoms with van der Waals surface area (Å²) in [6.45, 7) is 0. The summed E-state index contributed by atoms with van der Waals surface area (Å²) in [6.07, 6.45) is 3.62. The molecular weight excluding hydrogens is 221 g/mol. The molecule has 3 heteroatoms. The van der Waals surface area contributed by atoms with Crippen LogP contribution in [0.3, 0.4) is 0 Å². The van der Waals surface area contributed by atoms with Crippen LogP contribution in [-0.4, -0.2) is 12.8 Å². The molecule has 0 saturated carbocycles. The lowest BCUT2D eigenvalue weighted by Crippen LogP contribution is -2.02. The van der Waals surface area contributed by atoms with Gasteiger partial charge < -0.3 is 4.42 Å². The molecule has 0 bridgehead atoms. The SMILES string of the molecule is [B]c1cc2cnccc2c2c1oc1ccccc12. The molecule has 0 unspecified atom stereocenters. The standard InChI is InChI=1S/C15H8BNO/c16-12-7-9-8-17-6-5-10(9)14-11-3-1-2-4-13(11)18-15(12)14/h1-8H. The molecule has 4 aromatic rings. The van der Waals surface area contributed by atoms with Crippen LogP contribution in [0.25, 0.3) is 32.7 Å². The van der Waals surface area contributed by atoms with Crippen LogP contribution in [0, 0.1) is 0 Å². The lowest BCUT2D eigenvalue weighted by molar-refractivity contribution is 0.672. The highest BCUT2D eigenvalue weighted by Gasteiger charge is 2.11. The fourth-order valence-corrected chi connectivity index (χ4v) is 2.50. The van der Waals surface area contributed by atoms with Crippen LogP contribution in [0.2, 0.25) is 0 Å². The fraction of sp³-hybridized carbons (Fsp3) is 0. The van der Waals surface area contributed by atoms with Crippen molar-refractivity contribution >= 4 is 46.0 Å². The second kappa shape index (κ2) is 3.36. The fourth-order valence-electron chi connectivity index (χ4n) is 2.50. The molecule has 0 N–H and O–H groups in total. The summed E-state index contributed by atoms with van der Waals surface area (Å²) in [5.41, 5.74) is 2.28. The molecule has 2 radical (unpaired) electrons. The van der Waals surface area contributed by atoms with Gasteiger partial charge in [0.1, 0.15) is 19.0 Å². The minimum absolute atomic E-state index is 0.654. The molecule has 0 fully saturated rings. The molecule has 2 nitrogen and oxygen atoms in total. The van der Waals surface area contributed by atoms with Crippen molar-refractivity contribution in [1.82, 2.24) is 4.98 Å². The van der Waals surface area contributed by atoms with Crippen LogP contribution < -0.4 is 5.46 Å². The molecule has 0 aliphatic carbocycles. The van der Waals surface area contributed by atoms with Gasteiger partial charge in [-0.25, -0.2) is 0 Å². The van der Waals surface area contributed by atoms with Crippen LogP contribution in [0.4, 0.5) is 0 Å². The molecule has 0 aliphatic rings. The van der Waals surface area contributed by atoms with Gasteiger partial charge >= 0.3 is 0 Å². The average molecular weight is 229 g/mol. The first-order chi connectivity index (χ1) is 8.84. The molecule has 2 aromatic carbocycles. The van der Waals surface area contributed by atoms with Crippen molar-refractivity contribution in [2.24, 2.45) is 0 Å². The van der Waals surface area contributed by atoms with Gasteiger partial charge in [0.05, 0.1) is 0 Å². The van der Waals surface area contributed by atoms with E-state index >= 15 is 0 Å². The quantitative estimate of drug-likeness (QED) is 0.433. The molecule has 82 valence electrons. The maximum Gasteiger partial charge on any atom is 0.135 e. The summed E-state index contributed by atoms with van der Waals surface area (Å²) < 4.78 is 5.85. The molecule has 0 spiro atoms. The van der Waals surface area contributed by atoms with Crippen molar-refractivity contribution in [3.63, 3.8) is 0 Å². The molecular formula is C15H8BNO. The minimum atomic E-state index is 0.654. The van der Waals surface area contributed by atoms with Gasteiger partial charge in [0, 0.05) is 28.6 Å². The molecule has 0 saturated heterocycles. The van der Waals surface area contributed by atoms with Crippen LogP contribution in [0.5, 0.6) is 0 Å². The smallest absolute Gasteiger partial charge is 0.135 e. The maximum atomic E-state index is 6.06. The zero-order valence-corrected chi connectivity index (χ0v) is 9.55. The van der Waals surface area contributed by atoms with Crippen molar-refractivity contribution in [3.8, 4) is 0 Å². The van der Waals surface area contributed by atoms with E-state index in [9.17, 15) is 0 Å². The molecule has 18 heavy (non-hydrogen) atoms. The highest BCUT2D eigenvalue weighted by Crippen LogP contribution is 2.32. The number of hydrogen-bond acceptors (Lipinski definition) is 2. The number of fused-ring (bicyclic) bond motifs is 5. The van der Waals surface area contributed by atoms with Gasteiger partial charge in [-0.1, -0.05) is 29.7 Å². The Morgan fingerprint density at radius 2 is 1.94 bits per heavy atom. The van der Waals surface area contributed by atoms with Crippen molar-refractivity contribution in [3.05, 3.63) is 48.8 Å². The Bertz CT molecular complexity index is 895. The van der Waals surface area contributed by atoms with Crippen LogP contribution in [0.1, 0.15) is 0 Å². The van der Waals surface area contributed by atoms with Crippen LogP contribution >= 0.6 is 0 Å². The zero-order valence-electron chi connectivity index (χ0n) is 9.55. The van der Waals surface area contributed by atoms with Crippen LogP contribution in [-0.2, 0) is 0 Å². The van der Waals surface area contributed by atoms with Gasteiger partial charge in [-0.05, 0) is 17.5 Å². The number of rotatable bonds is 0. The van der Waals surface area contributed by atoms with Gasteiger partial charge in [0.2, 0.25) is 0 Å². The van der Waals surface area contributed by atoms with E-state index in [1.807, 2.05) is 36.5 Å². The second-order valence-corrected chi connectivity index (χ2v) is 4.36. The third-order valence-corrected chi connectivity index (χ3v) is 3.29. The topological polar surface area (TPSA) is 26.0 Å². The van der Waals surface area contributed by atoms with Crippen molar-refractivity contribution in [1.29, 1.82) is 0 Å². The highest BCUT2D eigenvalue weighted by atomic mass is 16.3. The molecule has 4 rings (SSSR count). The number of benzene rings is 2. The Balaban J connectivity index is 2.41. The first-order valence-electron chi connectivity index (χ1n) is 5.78. The lowest BCUT2D eigenvalue weighted by Gasteiger charge is -2.01. The number of hydrogen-bond donors (Lipinski definition) is 0. The van der Waals surface area contributed by atoms with E-state index in [4.69, 9.17) is 12.3 Å². The Labute approximate surface area is 105 Å². The van der Waals surface area contributed by atoms with Crippen molar-refractivity contribution < 1.29 is 4.42 Å². The summed E-state index contributed by atoms with van der Waals surface area (Å²) in [5.74, 6) is 0. The van der Waals surface area contributed by atoms with Gasteiger partial charge in [-0.3, -0.25) is 4.98 Å². The Morgan fingerprint density at radius 3 is 2.89 bits per heavy atom. The molecule has 0 aliphatic heterocycles. The number of para-hydroxylation sites is 1. The number of pyridine rings is 1. The summed E-state index contributed by atoms with van der Waals surface area (Å²) in [7, 11) is 6.06. The van der Waals surface area contributed by atoms with Gasteiger partial charge in [-0.15, -0.1) is 0 Å². The van der Waals surface area contributed by atoms with E-state index in [-0.39, 0.29) is 0 Å². The van der Waals surface area contributed by atoms with Crippen molar-refractivity contribution in [2.75, 3.05) is 0 Å². The van der Waals surface area contributed by atoms with E-state index in [1.54, 1.807) is 6.20 Å². The zero-order chi connectivity index (χ0) is 12.1. The van der Waals surface area contributed by atoms with Gasteiger partial charge in [0.25, 0.3) is 0 Å². The minimum Gasteiger partial charge on any atom is -0.457 e. The number of furan rings is 1. The molecule has 0 amide bonds. The van der Waals surface area contributed by atoms with Crippen molar-refractivity contribution in [2.45, 2.75) is 0 Å². The van der Waals surface area contributed by atoms with Crippen LogP contribution in [0.15, 0.2) is 53.2 Å². The normalized spacial score (nSPS) is 11.6. The van der Waals surface area contributed by atoms with E-state index in [0.29, 0.717) is 5.46 Å².